The Morgan fingerprint density at radius 1 is 0.404 bits per heavy atom. The van der Waals surface area contributed by atoms with E-state index in [0.29, 0.717) is 11.1 Å². The Balaban J connectivity index is 0.821. The van der Waals surface area contributed by atoms with Gasteiger partial charge in [-0.1, -0.05) is 18.2 Å². The maximum absolute atomic E-state index is 13.2. The highest BCUT2D eigenvalue weighted by Crippen LogP contribution is 2.46. The molecule has 0 saturated carbocycles. The zero-order chi connectivity index (χ0) is 78.8. The third-order valence-electron chi connectivity index (χ3n) is 17.4. The van der Waals surface area contributed by atoms with Crippen molar-refractivity contribution in [2.45, 2.75) is 136 Å². The predicted octanol–water partition coefficient (Wildman–Crippen LogP) is -2.29. The van der Waals surface area contributed by atoms with Crippen molar-refractivity contribution in [3.63, 3.8) is 0 Å². The van der Waals surface area contributed by atoms with E-state index in [1.165, 1.54) is 93.1 Å². The Kier molecular flexibility index (Phi) is 26.4. The summed E-state index contributed by atoms with van der Waals surface area (Å²) in [5, 5.41) is 192. The molecule has 20 unspecified atom stereocenters. The Bertz CT molecular complexity index is 4210. The average Bonchev–Trinajstić information content (AvgIpc) is 0.767. The fourth-order valence-corrected chi connectivity index (χ4v) is 11.4. The number of aliphatic hydroxyl groups is 12. The summed E-state index contributed by atoms with van der Waals surface area (Å²) in [6, 6.07) is 17.5. The van der Waals surface area contributed by atoms with E-state index in [-0.39, 0.29) is 62.7 Å². The van der Waals surface area contributed by atoms with Gasteiger partial charge in [0.15, 0.2) is 51.8 Å². The van der Waals surface area contributed by atoms with Gasteiger partial charge < -0.3 is 163 Å². The summed E-state index contributed by atoms with van der Waals surface area (Å²) in [7, 11) is 2.56. The predicted molar refractivity (Wildman–Crippen MR) is 358 cm³/mol. The Labute approximate surface area is 615 Å². The highest BCUT2D eigenvalue weighted by molar-refractivity contribution is 5.90. The number of allylic oxidation sites excluding steroid dienone is 1. The van der Waals surface area contributed by atoms with Gasteiger partial charge in [0.25, 0.3) is 0 Å². The van der Waals surface area contributed by atoms with Crippen LogP contribution < -0.4 is 28.4 Å². The van der Waals surface area contributed by atoms with Crippen LogP contribution in [0.25, 0.3) is 24.0 Å². The van der Waals surface area contributed by atoms with Gasteiger partial charge in [-0.2, -0.15) is 0 Å². The van der Waals surface area contributed by atoms with Crippen molar-refractivity contribution >= 4 is 53.8 Å². The fraction of sp³-hybridized carbons (Fsp3) is 0.394. The minimum absolute atomic E-state index is 0.0169. The molecular weight excluding hydrogens is 1460 g/mol. The molecule has 5 aromatic carbocycles. The van der Waals surface area contributed by atoms with Crippen LogP contribution in [0.5, 0.6) is 63.2 Å². The SMILES string of the molecule is COc1cc(C=CC(=O)OCC2OC(Oc3cc(O)c4c(c3)OC(c3ccc(O)c(OC5OC(COC(=O)C=Cc6ccc(OC7OC(COC(=O)C=Cc8ccc(O)c(O)c8)C(O)C(O)C7O)c(OC)c6)C(O)C(O)C5O)c3)=C(OC3OC(COC(=O)CC(=O)O)C(O)C(O)C3O)C4)C(O)C(O)C2O)ccc1O. The van der Waals surface area contributed by atoms with E-state index in [4.69, 9.17) is 76.2 Å². The average molecular weight is 1540 g/mol. The van der Waals surface area contributed by atoms with Gasteiger partial charge in [-0.3, -0.25) is 9.59 Å². The van der Waals surface area contributed by atoms with E-state index in [1.807, 2.05) is 0 Å². The number of esters is 4. The first-order chi connectivity index (χ1) is 51.9. The van der Waals surface area contributed by atoms with Crippen molar-refractivity contribution in [1.29, 1.82) is 0 Å². The minimum Gasteiger partial charge on any atom is -0.507 e. The number of aromatic hydroxyl groups is 5. The zero-order valence-electron chi connectivity index (χ0n) is 57.1. The number of carbonyl (C=O) groups excluding carboxylic acids is 4. The number of aliphatic hydroxyl groups excluding tert-OH is 12. The van der Waals surface area contributed by atoms with Gasteiger partial charge >= 0.3 is 29.8 Å². The quantitative estimate of drug-likeness (QED) is 0.00865. The fourth-order valence-electron chi connectivity index (χ4n) is 11.4. The molecule has 0 bridgehead atoms. The van der Waals surface area contributed by atoms with Crippen LogP contribution in [0.15, 0.2) is 109 Å². The first kappa shape index (κ1) is 80.9. The number of ether oxygens (including phenoxy) is 15. The topological polar surface area (TPSA) is 588 Å². The molecule has 20 atom stereocenters. The number of hydrogen-bond donors (Lipinski definition) is 18. The first-order valence-electron chi connectivity index (χ1n) is 32.9. The summed E-state index contributed by atoms with van der Waals surface area (Å²) in [6.45, 7) is -3.05. The van der Waals surface area contributed by atoms with Gasteiger partial charge in [0.1, 0.15) is 154 Å². The molecule has 4 fully saturated rings. The van der Waals surface area contributed by atoms with Gasteiger partial charge in [-0.25, -0.2) is 14.4 Å². The maximum atomic E-state index is 13.2. The number of carboxylic acid groups (broad SMARTS) is 1. The normalized spacial score (nSPS) is 29.0. The van der Waals surface area contributed by atoms with Crippen LogP contribution in [-0.2, 0) is 73.0 Å². The van der Waals surface area contributed by atoms with Crippen LogP contribution in [0.2, 0.25) is 0 Å². The van der Waals surface area contributed by atoms with Gasteiger partial charge in [0.2, 0.25) is 25.2 Å². The molecule has 0 aromatic heterocycles. The standard InChI is InChI=1S/C71H76O38/c1-95-42-18-30(4-11-36(42)73)7-15-52(80)97-25-46-55(83)59(87)63(91)68(106-46)101-33-21-38(75)34-23-45(105-71-66(94)62(90)58(86)49(109-71)28-100-54(82)24-50(77)78)67(102-41(34)22-33)32-9-12-37(74)43(20-32)104-70-65(93)61(89)57(85)48(108-70)27-99-53(81)16-8-31-5-13-40(44(19-31)96-2)103-69-64(92)60(88)56(84)47(107-69)26-98-51(79)14-6-29-3-10-35(72)39(76)17-29/h3-22,46-49,55-66,68-76,83-94H,23-28H2,1-2H3,(H,77,78). The molecule has 588 valence electrons. The second-order valence-electron chi connectivity index (χ2n) is 24.9. The minimum atomic E-state index is -2.12. The second kappa shape index (κ2) is 35.6. The number of phenols is 5. The number of fused-ring (bicyclic) bond motifs is 1. The van der Waals surface area contributed by atoms with Crippen LogP contribution in [0, 0.1) is 0 Å². The van der Waals surface area contributed by atoms with Crippen molar-refractivity contribution < 1.29 is 187 Å². The summed E-state index contributed by atoms with van der Waals surface area (Å²) < 4.78 is 84.2. The summed E-state index contributed by atoms with van der Waals surface area (Å²) in [5.41, 5.74) is 0.739. The molecule has 0 aliphatic carbocycles. The molecule has 4 saturated heterocycles. The number of hydrogen-bond acceptors (Lipinski definition) is 37. The van der Waals surface area contributed by atoms with Crippen LogP contribution in [0.3, 0.4) is 0 Å². The largest absolute Gasteiger partial charge is 0.507 e. The number of carboxylic acids is 1. The molecule has 38 nitrogen and oxygen atoms in total. The van der Waals surface area contributed by atoms with E-state index < -0.39 is 221 Å². The van der Waals surface area contributed by atoms with Crippen LogP contribution in [0.1, 0.15) is 34.2 Å². The molecule has 0 amide bonds. The highest BCUT2D eigenvalue weighted by Gasteiger charge is 2.50. The summed E-state index contributed by atoms with van der Waals surface area (Å²) in [4.78, 5) is 61.8. The maximum Gasteiger partial charge on any atom is 0.330 e. The number of benzene rings is 5. The molecule has 5 aromatic rings. The summed E-state index contributed by atoms with van der Waals surface area (Å²) >= 11 is 0. The number of carbonyl (C=O) groups is 5. The van der Waals surface area contributed by atoms with Crippen molar-refractivity contribution in [3.8, 4) is 63.2 Å². The van der Waals surface area contributed by atoms with Crippen LogP contribution in [0.4, 0.5) is 0 Å². The monoisotopic (exact) mass is 1540 g/mol. The van der Waals surface area contributed by atoms with E-state index in [1.54, 1.807) is 0 Å². The lowest BCUT2D eigenvalue weighted by Crippen LogP contribution is -2.60. The molecule has 109 heavy (non-hydrogen) atoms. The molecule has 0 spiro atoms. The number of phenolic OH excluding ortho intramolecular Hbond substituents is 5. The van der Waals surface area contributed by atoms with E-state index in [2.05, 4.69) is 0 Å². The van der Waals surface area contributed by atoms with Gasteiger partial charge in [0.05, 0.1) is 14.2 Å². The lowest BCUT2D eigenvalue weighted by atomic mass is 9.98. The van der Waals surface area contributed by atoms with Crippen molar-refractivity contribution in [3.05, 3.63) is 137 Å². The molecule has 5 aliphatic rings. The van der Waals surface area contributed by atoms with Crippen LogP contribution >= 0.6 is 0 Å². The molecule has 5 aliphatic heterocycles. The Morgan fingerprint density at radius 3 is 1.29 bits per heavy atom. The smallest absolute Gasteiger partial charge is 0.330 e. The first-order valence-corrected chi connectivity index (χ1v) is 32.9. The van der Waals surface area contributed by atoms with E-state index in [9.17, 15) is 111 Å². The lowest BCUT2D eigenvalue weighted by Gasteiger charge is -2.41. The summed E-state index contributed by atoms with van der Waals surface area (Å²) in [5.74, 6) is -10.1. The van der Waals surface area contributed by atoms with E-state index in [0.717, 1.165) is 42.5 Å². The number of rotatable bonds is 27. The Morgan fingerprint density at radius 2 is 0.817 bits per heavy atom. The van der Waals surface area contributed by atoms with Crippen molar-refractivity contribution in [1.82, 2.24) is 0 Å². The molecule has 0 radical (unpaired) electrons. The zero-order valence-corrected chi connectivity index (χ0v) is 57.1. The van der Waals surface area contributed by atoms with Crippen molar-refractivity contribution in [2.24, 2.45) is 0 Å². The second-order valence-corrected chi connectivity index (χ2v) is 24.9. The van der Waals surface area contributed by atoms with E-state index >= 15 is 0 Å². The molecule has 18 N–H and O–H groups in total. The molecule has 5 heterocycles. The van der Waals surface area contributed by atoms with Crippen molar-refractivity contribution in [2.75, 3.05) is 40.6 Å². The van der Waals surface area contributed by atoms with Gasteiger partial charge in [-0.15, -0.1) is 0 Å². The number of aliphatic carboxylic acids is 1. The molecule has 38 heteroatoms. The molecule has 10 rings (SSSR count). The highest BCUT2D eigenvalue weighted by atomic mass is 16.7. The van der Waals surface area contributed by atoms with Crippen LogP contribution in [-0.4, -0.2) is 285 Å². The third-order valence-corrected chi connectivity index (χ3v) is 17.4. The lowest BCUT2D eigenvalue weighted by molar-refractivity contribution is -0.292. The summed E-state index contributed by atoms with van der Waals surface area (Å²) in [6.07, 6.45) is -32.5. The van der Waals surface area contributed by atoms with Gasteiger partial charge in [-0.05, 0) is 89.5 Å². The number of methoxy groups -OCH3 is 2. The molecular formula is C71H76O38. The Hall–Kier alpha value is -10.6. The third kappa shape index (κ3) is 19.6. The van der Waals surface area contributed by atoms with Gasteiger partial charge in [0, 0.05) is 47.9 Å².